The summed E-state index contributed by atoms with van der Waals surface area (Å²) in [6.07, 6.45) is 1.74. The van der Waals surface area contributed by atoms with Gasteiger partial charge in [-0.3, -0.25) is 28.3 Å². The quantitative estimate of drug-likeness (QED) is 0.119. The van der Waals surface area contributed by atoms with Crippen LogP contribution >= 0.6 is 7.82 Å². The topological polar surface area (TPSA) is 219 Å². The van der Waals surface area contributed by atoms with Gasteiger partial charge >= 0.3 is 20.0 Å². The SMILES string of the molecule is COCCN(Cc1cccnc1N(C)C(=O)Oc1c2n(cc(C(=O)NCc3ccc(F)cc3F)c1=O)[C@@H]1CN(C2=O)[C@@H](C)CC[C@]12CC(C)=NO2)C(=O)OCOP(=O)(OC(C)(C)C)OC(C)(C)C. The molecule has 1 aromatic carbocycles. The molecule has 1 saturated heterocycles. The number of phosphoric ester groups is 1. The second-order valence-electron chi connectivity index (χ2n) is 18.7. The number of hydrogen-bond acceptors (Lipinski definition) is 15. The van der Waals surface area contributed by atoms with Crippen LogP contribution in [0.15, 0.2) is 52.7 Å². The van der Waals surface area contributed by atoms with Crippen molar-refractivity contribution in [2.24, 2.45) is 5.16 Å². The zero-order chi connectivity index (χ0) is 49.9. The molecule has 0 unspecified atom stereocenters. The van der Waals surface area contributed by atoms with Crippen molar-refractivity contribution >= 4 is 43.4 Å². The summed E-state index contributed by atoms with van der Waals surface area (Å²) >= 11 is 0. The minimum atomic E-state index is -4.26. The van der Waals surface area contributed by atoms with Crippen LogP contribution in [-0.2, 0) is 45.5 Å². The smallest absolute Gasteiger partial charge is 0.422 e. The molecular formula is C45H58F2N7O13P. The molecule has 5 heterocycles. The fourth-order valence-electron chi connectivity index (χ4n) is 8.02. The van der Waals surface area contributed by atoms with Gasteiger partial charge in [-0.15, -0.1) is 0 Å². The number of oxime groups is 1. The number of methoxy groups -OCH3 is 1. The third-order valence-electron chi connectivity index (χ3n) is 11.1. The van der Waals surface area contributed by atoms with Gasteiger partial charge in [-0.25, -0.2) is 32.4 Å². The Hall–Kier alpha value is -5.80. The van der Waals surface area contributed by atoms with Gasteiger partial charge in [-0.1, -0.05) is 17.3 Å². The lowest BCUT2D eigenvalue weighted by Gasteiger charge is -2.42. The highest BCUT2D eigenvalue weighted by molar-refractivity contribution is 7.48. The number of carbonyl (C=O) groups excluding carboxylic acids is 4. The fraction of sp³-hybridized carbons (Fsp3) is 0.533. The van der Waals surface area contributed by atoms with E-state index in [-0.39, 0.29) is 54.9 Å². The highest BCUT2D eigenvalue weighted by Gasteiger charge is 2.54. The summed E-state index contributed by atoms with van der Waals surface area (Å²) in [5, 5.41) is 6.72. The van der Waals surface area contributed by atoms with Crippen LogP contribution in [0, 0.1) is 11.6 Å². The highest BCUT2D eigenvalue weighted by Crippen LogP contribution is 2.55. The lowest BCUT2D eigenvalue weighted by Crippen LogP contribution is -2.52. The average molecular weight is 974 g/mol. The molecule has 23 heteroatoms. The van der Waals surface area contributed by atoms with Crippen molar-refractivity contribution in [3.8, 4) is 5.75 Å². The predicted molar refractivity (Wildman–Crippen MR) is 241 cm³/mol. The number of amides is 4. The van der Waals surface area contributed by atoms with Gasteiger partial charge in [0, 0.05) is 75.8 Å². The van der Waals surface area contributed by atoms with Crippen LogP contribution in [0.5, 0.6) is 5.75 Å². The summed E-state index contributed by atoms with van der Waals surface area (Å²) in [5.41, 5.74) is -4.03. The number of hydrogen-bond donors (Lipinski definition) is 1. The molecule has 20 nitrogen and oxygen atoms in total. The number of benzene rings is 1. The number of ether oxygens (including phenoxy) is 3. The molecule has 1 fully saturated rings. The average Bonchev–Trinajstić information content (AvgIpc) is 3.58. The van der Waals surface area contributed by atoms with Crippen molar-refractivity contribution in [1.82, 2.24) is 24.7 Å². The van der Waals surface area contributed by atoms with Crippen LogP contribution in [-0.4, -0.2) is 113 Å². The van der Waals surface area contributed by atoms with E-state index in [0.717, 1.165) is 17.0 Å². The number of fused-ring (bicyclic) bond motifs is 5. The Bertz CT molecular complexity index is 2540. The van der Waals surface area contributed by atoms with Gasteiger partial charge in [0.2, 0.25) is 18.0 Å². The van der Waals surface area contributed by atoms with Gasteiger partial charge in [0.15, 0.2) is 11.3 Å². The Kier molecular flexibility index (Phi) is 15.5. The van der Waals surface area contributed by atoms with Crippen molar-refractivity contribution in [3.05, 3.63) is 87.0 Å². The fourth-order valence-corrected chi connectivity index (χ4v) is 9.68. The number of anilines is 1. The van der Waals surface area contributed by atoms with Gasteiger partial charge in [0.05, 0.1) is 36.1 Å². The van der Waals surface area contributed by atoms with E-state index in [0.29, 0.717) is 31.0 Å². The van der Waals surface area contributed by atoms with E-state index in [1.165, 1.54) is 36.0 Å². The first-order valence-corrected chi connectivity index (χ1v) is 23.3. The Labute approximate surface area is 392 Å². The summed E-state index contributed by atoms with van der Waals surface area (Å²) in [6, 6.07) is 4.86. The van der Waals surface area contributed by atoms with Gasteiger partial charge in [-0.2, -0.15) is 0 Å². The number of pyridine rings is 2. The molecule has 4 amide bonds. The van der Waals surface area contributed by atoms with Crippen molar-refractivity contribution < 1.29 is 65.1 Å². The Morgan fingerprint density at radius 3 is 2.38 bits per heavy atom. The number of rotatable bonds is 15. The van der Waals surface area contributed by atoms with Crippen LogP contribution in [0.1, 0.15) is 113 Å². The van der Waals surface area contributed by atoms with E-state index in [9.17, 15) is 37.3 Å². The molecule has 1 N–H and O–H groups in total. The van der Waals surface area contributed by atoms with Gasteiger partial charge in [0.25, 0.3) is 11.8 Å². The summed E-state index contributed by atoms with van der Waals surface area (Å²) in [4.78, 5) is 85.1. The van der Waals surface area contributed by atoms with E-state index in [4.69, 9.17) is 32.6 Å². The van der Waals surface area contributed by atoms with E-state index in [1.807, 2.05) is 6.92 Å². The maximum atomic E-state index is 14.6. The Morgan fingerprint density at radius 1 is 1.04 bits per heavy atom. The largest absolute Gasteiger partial charge is 0.478 e. The second-order valence-corrected chi connectivity index (χ2v) is 20.3. The van der Waals surface area contributed by atoms with Crippen molar-refractivity contribution in [2.45, 2.75) is 117 Å². The van der Waals surface area contributed by atoms with E-state index < -0.39 is 96.4 Å². The van der Waals surface area contributed by atoms with Gasteiger partial charge < -0.3 is 38.7 Å². The van der Waals surface area contributed by atoms with Crippen LogP contribution in [0.4, 0.5) is 24.2 Å². The minimum absolute atomic E-state index is 0.0357. The number of nitrogens with zero attached hydrogens (tertiary/aromatic N) is 6. The third kappa shape index (κ3) is 11.9. The van der Waals surface area contributed by atoms with Crippen molar-refractivity contribution in [1.29, 1.82) is 0 Å². The molecule has 68 heavy (non-hydrogen) atoms. The zero-order valence-electron chi connectivity index (χ0n) is 39.8. The number of phosphoric acid groups is 1. The van der Waals surface area contributed by atoms with Gasteiger partial charge in [-0.05, 0) is 80.4 Å². The molecule has 3 aromatic rings. The maximum absolute atomic E-state index is 14.6. The molecule has 1 spiro atoms. The highest BCUT2D eigenvalue weighted by atomic mass is 31.2. The third-order valence-corrected chi connectivity index (χ3v) is 13.1. The predicted octanol–water partition coefficient (Wildman–Crippen LogP) is 7.10. The van der Waals surface area contributed by atoms with E-state index in [2.05, 4.69) is 15.5 Å². The maximum Gasteiger partial charge on any atom is 0.478 e. The molecule has 2 aromatic heterocycles. The van der Waals surface area contributed by atoms with E-state index in [1.54, 1.807) is 65.5 Å². The molecule has 0 radical (unpaired) electrons. The molecule has 3 atom stereocenters. The molecule has 370 valence electrons. The first-order chi connectivity index (χ1) is 31.8. The first-order valence-electron chi connectivity index (χ1n) is 21.8. The van der Waals surface area contributed by atoms with Crippen molar-refractivity contribution in [2.75, 3.05) is 45.5 Å². The summed E-state index contributed by atoms with van der Waals surface area (Å²) in [7, 11) is -1.55. The normalized spacial score (nSPS) is 19.1. The van der Waals surface area contributed by atoms with Crippen LogP contribution in [0.25, 0.3) is 0 Å². The standard InChI is InChI=1S/C45H58F2N7O13P/c1-27-21-45(65-50-27)16-15-28(2)53-25-34(45)54-24-32(39(56)49-22-29-13-14-31(46)20-33(29)47)36(55)37(35(54)40(53)57)64-41(58)51(9)38-30(12-11-17-48-38)23-52(18-19-61-10)42(59)62-26-63-68(60,66-43(3,4)5)67-44(6,7)8/h11-14,17,20,24,28,34H,15-16,18-19,21-23,25-26H2,1-10H3,(H,49,56)/t28-,34+,45-/m0/s1. The van der Waals surface area contributed by atoms with E-state index >= 15 is 0 Å². The lowest BCUT2D eigenvalue weighted by atomic mass is 9.84. The summed E-state index contributed by atoms with van der Waals surface area (Å²) in [5.74, 6) is -4.22. The Balaban J connectivity index is 1.31. The van der Waals surface area contributed by atoms with Gasteiger partial charge in [0.1, 0.15) is 23.0 Å². The number of nitrogens with one attached hydrogen (secondary N) is 1. The Morgan fingerprint density at radius 2 is 1.75 bits per heavy atom. The molecular weight excluding hydrogens is 916 g/mol. The minimum Gasteiger partial charge on any atom is -0.422 e. The summed E-state index contributed by atoms with van der Waals surface area (Å²) < 4.78 is 76.3. The number of carbonyl (C=O) groups is 4. The van der Waals surface area contributed by atoms with Crippen LogP contribution in [0.2, 0.25) is 0 Å². The molecule has 3 aliphatic heterocycles. The number of halogens is 2. The lowest BCUT2D eigenvalue weighted by molar-refractivity contribution is -0.0655. The van der Waals surface area contributed by atoms with Crippen LogP contribution in [0.3, 0.4) is 0 Å². The molecule has 0 saturated carbocycles. The first kappa shape index (κ1) is 51.6. The summed E-state index contributed by atoms with van der Waals surface area (Å²) in [6.45, 7) is 12.2. The van der Waals surface area contributed by atoms with Crippen LogP contribution < -0.4 is 20.4 Å². The molecule has 0 aliphatic carbocycles. The monoisotopic (exact) mass is 973 g/mol. The molecule has 3 aliphatic rings. The second kappa shape index (κ2) is 20.4. The van der Waals surface area contributed by atoms with Crippen molar-refractivity contribution in [3.63, 3.8) is 0 Å². The number of aromatic nitrogens is 2. The molecule has 6 rings (SSSR count). The zero-order valence-corrected chi connectivity index (χ0v) is 40.6. The molecule has 2 bridgehead atoms.